The molecule has 0 unspecified atom stereocenters. The minimum absolute atomic E-state index is 0.0265. The first-order chi connectivity index (χ1) is 9.40. The molecule has 7 nitrogen and oxygen atoms in total. The van der Waals surface area contributed by atoms with Crippen molar-refractivity contribution in [3.05, 3.63) is 0 Å². The highest BCUT2D eigenvalue weighted by atomic mass is 16.4. The van der Waals surface area contributed by atoms with Gasteiger partial charge in [-0.05, 0) is 33.1 Å². The molecule has 0 heterocycles. The van der Waals surface area contributed by atoms with Crippen molar-refractivity contribution in [2.24, 2.45) is 0 Å². The normalized spacial score (nSPS) is 13.9. The molecule has 1 aliphatic rings. The zero-order valence-electron chi connectivity index (χ0n) is 12.0. The number of carbonyl (C=O) groups excluding carboxylic acids is 2. The van der Waals surface area contributed by atoms with E-state index in [2.05, 4.69) is 10.6 Å². The second kappa shape index (κ2) is 7.72. The van der Waals surface area contributed by atoms with Crippen molar-refractivity contribution in [1.82, 2.24) is 15.5 Å². The van der Waals surface area contributed by atoms with Crippen LogP contribution < -0.4 is 10.6 Å². The van der Waals surface area contributed by atoms with E-state index < -0.39 is 5.97 Å². The third kappa shape index (κ3) is 6.40. The third-order valence-corrected chi connectivity index (χ3v) is 3.02. The molecule has 0 spiro atoms. The Labute approximate surface area is 118 Å². The van der Waals surface area contributed by atoms with E-state index in [1.807, 2.05) is 13.8 Å². The van der Waals surface area contributed by atoms with Crippen molar-refractivity contribution in [2.75, 3.05) is 13.1 Å². The van der Waals surface area contributed by atoms with Gasteiger partial charge >= 0.3 is 12.0 Å². The monoisotopic (exact) mass is 285 g/mol. The highest BCUT2D eigenvalue weighted by Gasteiger charge is 2.24. The molecule has 20 heavy (non-hydrogen) atoms. The van der Waals surface area contributed by atoms with Gasteiger partial charge in [-0.1, -0.05) is 0 Å². The summed E-state index contributed by atoms with van der Waals surface area (Å²) in [7, 11) is 0. The molecule has 0 aromatic rings. The van der Waals surface area contributed by atoms with Crippen LogP contribution in [0.5, 0.6) is 0 Å². The maximum absolute atomic E-state index is 12.0. The summed E-state index contributed by atoms with van der Waals surface area (Å²) in [4.78, 5) is 35.4. The van der Waals surface area contributed by atoms with Gasteiger partial charge in [-0.15, -0.1) is 0 Å². The minimum Gasteiger partial charge on any atom is -0.481 e. The van der Waals surface area contributed by atoms with E-state index in [1.54, 1.807) is 0 Å². The molecule has 1 aliphatic carbocycles. The SMILES string of the molecule is CC(C)N(CCCC(=O)O)C(=O)NCC(=O)NC1CC1. The van der Waals surface area contributed by atoms with Crippen LogP contribution in [0.2, 0.25) is 0 Å². The van der Waals surface area contributed by atoms with E-state index in [4.69, 9.17) is 5.11 Å². The van der Waals surface area contributed by atoms with Crippen LogP contribution in [0, 0.1) is 0 Å². The molecule has 0 bridgehead atoms. The van der Waals surface area contributed by atoms with Gasteiger partial charge in [0.15, 0.2) is 0 Å². The van der Waals surface area contributed by atoms with E-state index >= 15 is 0 Å². The van der Waals surface area contributed by atoms with Crippen LogP contribution >= 0.6 is 0 Å². The Morgan fingerprint density at radius 1 is 1.30 bits per heavy atom. The molecule has 114 valence electrons. The molecule has 1 fully saturated rings. The van der Waals surface area contributed by atoms with Crippen LogP contribution in [0.4, 0.5) is 4.79 Å². The number of hydrogen-bond donors (Lipinski definition) is 3. The van der Waals surface area contributed by atoms with Crippen molar-refractivity contribution in [3.8, 4) is 0 Å². The predicted molar refractivity (Wildman–Crippen MR) is 73.3 cm³/mol. The molecule has 7 heteroatoms. The van der Waals surface area contributed by atoms with Crippen molar-refractivity contribution in [1.29, 1.82) is 0 Å². The van der Waals surface area contributed by atoms with Crippen LogP contribution in [-0.4, -0.2) is 53.1 Å². The number of nitrogens with zero attached hydrogens (tertiary/aromatic N) is 1. The van der Waals surface area contributed by atoms with Crippen LogP contribution in [0.15, 0.2) is 0 Å². The second-order valence-corrected chi connectivity index (χ2v) is 5.28. The Morgan fingerprint density at radius 3 is 2.45 bits per heavy atom. The molecule has 1 saturated carbocycles. The van der Waals surface area contributed by atoms with Crippen molar-refractivity contribution >= 4 is 17.9 Å². The summed E-state index contributed by atoms with van der Waals surface area (Å²) >= 11 is 0. The first-order valence-electron chi connectivity index (χ1n) is 6.95. The number of carbonyl (C=O) groups is 3. The number of rotatable bonds is 8. The smallest absolute Gasteiger partial charge is 0.318 e. The fourth-order valence-electron chi connectivity index (χ4n) is 1.76. The lowest BCUT2D eigenvalue weighted by Crippen LogP contribution is -2.47. The fraction of sp³-hybridized carbons (Fsp3) is 0.769. The number of carboxylic acids is 1. The van der Waals surface area contributed by atoms with Gasteiger partial charge < -0.3 is 20.6 Å². The summed E-state index contributed by atoms with van der Waals surface area (Å²) in [6.07, 6.45) is 2.44. The second-order valence-electron chi connectivity index (χ2n) is 5.28. The van der Waals surface area contributed by atoms with E-state index in [0.29, 0.717) is 13.0 Å². The summed E-state index contributed by atoms with van der Waals surface area (Å²) in [5, 5.41) is 13.9. The average Bonchev–Trinajstić information content (AvgIpc) is 3.14. The minimum atomic E-state index is -0.877. The molecule has 0 aromatic carbocycles. The fourth-order valence-corrected chi connectivity index (χ4v) is 1.76. The van der Waals surface area contributed by atoms with E-state index in [0.717, 1.165) is 12.8 Å². The number of amides is 3. The average molecular weight is 285 g/mol. The summed E-state index contributed by atoms with van der Waals surface area (Å²) in [5.41, 5.74) is 0. The largest absolute Gasteiger partial charge is 0.481 e. The molecule has 3 N–H and O–H groups in total. The summed E-state index contributed by atoms with van der Waals surface area (Å²) < 4.78 is 0. The van der Waals surface area contributed by atoms with E-state index in [-0.39, 0.29) is 37.0 Å². The van der Waals surface area contributed by atoms with Gasteiger partial charge in [-0.3, -0.25) is 9.59 Å². The highest BCUT2D eigenvalue weighted by molar-refractivity contribution is 5.84. The van der Waals surface area contributed by atoms with Gasteiger partial charge in [0, 0.05) is 25.0 Å². The number of aliphatic carboxylic acids is 1. The molecule has 0 aliphatic heterocycles. The summed E-state index contributed by atoms with van der Waals surface area (Å²) in [5.74, 6) is -1.06. The van der Waals surface area contributed by atoms with Gasteiger partial charge in [0.1, 0.15) is 0 Å². The molecule has 0 atom stereocenters. The summed E-state index contributed by atoms with van der Waals surface area (Å²) in [6, 6.07) is -0.109. The van der Waals surface area contributed by atoms with Crippen LogP contribution in [-0.2, 0) is 9.59 Å². The molecular weight excluding hydrogens is 262 g/mol. The molecule has 0 aromatic heterocycles. The molecule has 1 rings (SSSR count). The maximum Gasteiger partial charge on any atom is 0.318 e. The lowest BCUT2D eigenvalue weighted by molar-refractivity contribution is -0.137. The number of urea groups is 1. The number of nitrogens with one attached hydrogen (secondary N) is 2. The van der Waals surface area contributed by atoms with Crippen molar-refractivity contribution in [2.45, 2.75) is 51.6 Å². The lowest BCUT2D eigenvalue weighted by atomic mass is 10.2. The van der Waals surface area contributed by atoms with Gasteiger partial charge in [-0.25, -0.2) is 4.79 Å². The highest BCUT2D eigenvalue weighted by Crippen LogP contribution is 2.18. The zero-order chi connectivity index (χ0) is 15.1. The molecule has 0 saturated heterocycles. The molecular formula is C13H23N3O4. The van der Waals surface area contributed by atoms with Crippen molar-refractivity contribution < 1.29 is 19.5 Å². The number of carboxylic acid groups (broad SMARTS) is 1. The van der Waals surface area contributed by atoms with Crippen LogP contribution in [0.1, 0.15) is 39.5 Å². The zero-order valence-corrected chi connectivity index (χ0v) is 12.0. The topological polar surface area (TPSA) is 98.7 Å². The Balaban J connectivity index is 2.30. The molecule has 0 radical (unpaired) electrons. The standard InChI is InChI=1S/C13H23N3O4/c1-9(2)16(7-3-4-12(18)19)13(20)14-8-11(17)15-10-5-6-10/h9-10H,3-8H2,1-2H3,(H,14,20)(H,15,17)(H,18,19). The Hall–Kier alpha value is -1.79. The van der Waals surface area contributed by atoms with Gasteiger partial charge in [0.25, 0.3) is 0 Å². The van der Waals surface area contributed by atoms with E-state index in [9.17, 15) is 14.4 Å². The van der Waals surface area contributed by atoms with E-state index in [1.165, 1.54) is 4.90 Å². The Bertz CT molecular complexity index is 367. The third-order valence-electron chi connectivity index (χ3n) is 3.02. The number of hydrogen-bond acceptors (Lipinski definition) is 3. The van der Waals surface area contributed by atoms with Crippen LogP contribution in [0.25, 0.3) is 0 Å². The van der Waals surface area contributed by atoms with Gasteiger partial charge in [0.05, 0.1) is 6.54 Å². The maximum atomic E-state index is 12.0. The Kier molecular flexibility index (Phi) is 6.27. The first kappa shape index (κ1) is 16.3. The summed E-state index contributed by atoms with van der Waals surface area (Å²) in [6.45, 7) is 4.02. The first-order valence-corrected chi connectivity index (χ1v) is 6.95. The quantitative estimate of drug-likeness (QED) is 0.606. The van der Waals surface area contributed by atoms with Crippen LogP contribution in [0.3, 0.4) is 0 Å². The Morgan fingerprint density at radius 2 is 1.95 bits per heavy atom. The lowest BCUT2D eigenvalue weighted by Gasteiger charge is -2.26. The predicted octanol–water partition coefficient (Wildman–Crippen LogP) is 0.550. The van der Waals surface area contributed by atoms with Gasteiger partial charge in [-0.2, -0.15) is 0 Å². The molecule has 3 amide bonds. The van der Waals surface area contributed by atoms with Gasteiger partial charge in [0.2, 0.25) is 5.91 Å². The van der Waals surface area contributed by atoms with Crippen molar-refractivity contribution in [3.63, 3.8) is 0 Å².